The molecule has 0 bridgehead atoms. The highest BCUT2D eigenvalue weighted by Gasteiger charge is 2.30. The second-order valence-electron chi connectivity index (χ2n) is 10.7. The number of carbonyl (C=O) groups is 1. The van der Waals surface area contributed by atoms with E-state index in [0.717, 1.165) is 11.1 Å². The number of aromatic nitrogens is 2. The van der Waals surface area contributed by atoms with E-state index in [2.05, 4.69) is 15.2 Å². The van der Waals surface area contributed by atoms with Crippen LogP contribution in [0.1, 0.15) is 42.4 Å². The number of nitrogens with zero attached hydrogens (tertiary/aromatic N) is 5. The Bertz CT molecular complexity index is 1470. The molecular weight excluding hydrogens is 547 g/mol. The van der Waals surface area contributed by atoms with Crippen molar-refractivity contribution in [3.05, 3.63) is 69.7 Å². The maximum atomic E-state index is 16.6. The number of hydrogen-bond donors (Lipinski definition) is 3. The van der Waals surface area contributed by atoms with Gasteiger partial charge in [-0.1, -0.05) is 42.8 Å². The van der Waals surface area contributed by atoms with Gasteiger partial charge in [0.05, 0.1) is 5.76 Å². The summed E-state index contributed by atoms with van der Waals surface area (Å²) >= 11 is 6.81. The van der Waals surface area contributed by atoms with Crippen LogP contribution < -0.4 is 10.2 Å². The average molecular weight is 583 g/mol. The van der Waals surface area contributed by atoms with Crippen LogP contribution >= 0.6 is 11.6 Å². The molecule has 1 aromatic heterocycles. The van der Waals surface area contributed by atoms with E-state index < -0.39 is 18.0 Å². The minimum atomic E-state index is -0.580. The number of aliphatic hydroxyl groups is 2. The zero-order chi connectivity index (χ0) is 29.3. The number of fused-ring (bicyclic) bond motifs is 2. The van der Waals surface area contributed by atoms with Crippen LogP contribution in [0.15, 0.2) is 42.2 Å². The van der Waals surface area contributed by atoms with E-state index in [0.29, 0.717) is 50.2 Å². The van der Waals surface area contributed by atoms with Gasteiger partial charge in [-0.3, -0.25) is 9.69 Å². The number of anilines is 2. The van der Waals surface area contributed by atoms with Crippen molar-refractivity contribution in [2.24, 2.45) is 0 Å². The van der Waals surface area contributed by atoms with E-state index in [1.165, 1.54) is 4.90 Å². The molecule has 0 spiro atoms. The molecular formula is C30H36ClFN6O3. The summed E-state index contributed by atoms with van der Waals surface area (Å²) in [6.07, 6.45) is 2.38. The maximum Gasteiger partial charge on any atom is 0.225 e. The fraction of sp³-hybridized carbons (Fsp3) is 0.433. The summed E-state index contributed by atoms with van der Waals surface area (Å²) in [5.74, 6) is -0.293. The van der Waals surface area contributed by atoms with Gasteiger partial charge in [0.25, 0.3) is 0 Å². The molecule has 1 saturated heterocycles. The smallest absolute Gasteiger partial charge is 0.225 e. The molecule has 2 atom stereocenters. The molecule has 3 N–H and O–H groups in total. The van der Waals surface area contributed by atoms with Crippen molar-refractivity contribution in [1.82, 2.24) is 19.8 Å². The van der Waals surface area contributed by atoms with Crippen LogP contribution in [0, 0.1) is 5.82 Å². The summed E-state index contributed by atoms with van der Waals surface area (Å²) in [7, 11) is 3.39. The Balaban J connectivity index is 1.58. The molecule has 2 aliphatic rings. The Hall–Kier alpha value is -3.47. The number of piperazine rings is 1. The first-order valence-electron chi connectivity index (χ1n) is 14.0. The first-order chi connectivity index (χ1) is 19.7. The van der Waals surface area contributed by atoms with Crippen LogP contribution in [0.2, 0.25) is 5.02 Å². The lowest BCUT2D eigenvalue weighted by molar-refractivity contribution is -0.128. The molecule has 1 aliphatic carbocycles. The number of rotatable bonds is 8. The van der Waals surface area contributed by atoms with Crippen molar-refractivity contribution >= 4 is 40.2 Å². The Morgan fingerprint density at radius 1 is 1.22 bits per heavy atom. The zero-order valence-electron chi connectivity index (χ0n) is 23.6. The number of aliphatic hydroxyl groups excluding tert-OH is 2. The van der Waals surface area contributed by atoms with Gasteiger partial charge in [-0.2, -0.15) is 4.98 Å². The first kappa shape index (κ1) is 29.0. The Kier molecular flexibility index (Phi) is 8.63. The van der Waals surface area contributed by atoms with Crippen LogP contribution in [-0.2, 0) is 11.2 Å². The van der Waals surface area contributed by atoms with Crippen molar-refractivity contribution in [3.63, 3.8) is 0 Å². The predicted octanol–water partition coefficient (Wildman–Crippen LogP) is 4.29. The number of allylic oxidation sites excluding steroid dienone is 2. The molecule has 1 unspecified atom stereocenters. The van der Waals surface area contributed by atoms with Gasteiger partial charge in [-0.15, -0.1) is 0 Å². The van der Waals surface area contributed by atoms with Crippen LogP contribution in [0.4, 0.5) is 16.2 Å². The van der Waals surface area contributed by atoms with Crippen molar-refractivity contribution in [2.45, 2.75) is 38.3 Å². The molecule has 0 saturated carbocycles. The minimum absolute atomic E-state index is 0.0491. The molecule has 1 fully saturated rings. The van der Waals surface area contributed by atoms with Gasteiger partial charge in [0.15, 0.2) is 5.82 Å². The number of nitrogens with one attached hydrogen (secondary N) is 1. The summed E-state index contributed by atoms with van der Waals surface area (Å²) < 4.78 is 16.6. The van der Waals surface area contributed by atoms with Crippen molar-refractivity contribution < 1.29 is 19.4 Å². The van der Waals surface area contributed by atoms with Gasteiger partial charge >= 0.3 is 0 Å². The highest BCUT2D eigenvalue weighted by molar-refractivity contribution is 6.32. The SMILES string of the molecule is CCC(O)N1CCN(c2nc(NCCC(=O)N(C)C)nc3c(F)c([C@@H]4C=C(O)Cc5ccccc54)c(Cl)cc23)CC1. The van der Waals surface area contributed by atoms with Gasteiger partial charge in [0, 0.05) is 81.6 Å². The molecule has 0 radical (unpaired) electrons. The zero-order valence-corrected chi connectivity index (χ0v) is 24.3. The highest BCUT2D eigenvalue weighted by Crippen LogP contribution is 2.42. The summed E-state index contributed by atoms with van der Waals surface area (Å²) in [4.78, 5) is 27.0. The third kappa shape index (κ3) is 5.95. The summed E-state index contributed by atoms with van der Waals surface area (Å²) in [5, 5.41) is 24.6. The predicted molar refractivity (Wildman–Crippen MR) is 159 cm³/mol. The molecule has 2 heterocycles. The van der Waals surface area contributed by atoms with Crippen LogP contribution in [-0.4, -0.2) is 88.9 Å². The topological polar surface area (TPSA) is 105 Å². The second kappa shape index (κ2) is 12.2. The molecule has 5 rings (SSSR count). The monoisotopic (exact) mass is 582 g/mol. The quantitative estimate of drug-likeness (QED) is 0.361. The summed E-state index contributed by atoms with van der Waals surface area (Å²) in [6.45, 7) is 4.63. The van der Waals surface area contributed by atoms with E-state index >= 15 is 4.39 Å². The Morgan fingerprint density at radius 2 is 1.95 bits per heavy atom. The van der Waals surface area contributed by atoms with Crippen LogP contribution in [0.25, 0.3) is 10.9 Å². The van der Waals surface area contributed by atoms with E-state index in [-0.39, 0.29) is 46.7 Å². The highest BCUT2D eigenvalue weighted by atomic mass is 35.5. The van der Waals surface area contributed by atoms with Gasteiger partial charge in [-0.25, -0.2) is 9.37 Å². The maximum absolute atomic E-state index is 16.6. The standard InChI is InChI=1S/C30H36ClFN6O3/c1-4-24(40)37-11-13-38(14-12-37)29-22-17-23(31)26(21-16-19(39)15-18-7-5-6-8-20(18)21)27(32)28(22)34-30(35-29)33-10-9-25(41)36(2)3/h5-8,16-17,21,24,39-40H,4,9-15H2,1-3H3,(H,33,34,35)/t21-,24?/m1/s1. The number of hydrogen-bond acceptors (Lipinski definition) is 8. The molecule has 218 valence electrons. The lowest BCUT2D eigenvalue weighted by atomic mass is 9.82. The van der Waals surface area contributed by atoms with E-state index in [9.17, 15) is 15.0 Å². The third-order valence-electron chi connectivity index (χ3n) is 7.85. The molecule has 1 aliphatic heterocycles. The minimum Gasteiger partial charge on any atom is -0.512 e. The van der Waals surface area contributed by atoms with Crippen molar-refractivity contribution in [3.8, 4) is 0 Å². The Morgan fingerprint density at radius 3 is 2.66 bits per heavy atom. The number of benzene rings is 2. The van der Waals surface area contributed by atoms with Crippen molar-refractivity contribution in [1.29, 1.82) is 0 Å². The van der Waals surface area contributed by atoms with E-state index in [1.54, 1.807) is 26.2 Å². The van der Waals surface area contributed by atoms with Gasteiger partial charge in [0.1, 0.15) is 17.6 Å². The first-order valence-corrected chi connectivity index (χ1v) is 14.3. The van der Waals surface area contributed by atoms with E-state index in [4.69, 9.17) is 16.6 Å². The van der Waals surface area contributed by atoms with E-state index in [1.807, 2.05) is 36.1 Å². The van der Waals surface area contributed by atoms with Crippen molar-refractivity contribution in [2.75, 3.05) is 57.0 Å². The van der Waals surface area contributed by atoms with Gasteiger partial charge in [-0.05, 0) is 29.7 Å². The van der Waals surface area contributed by atoms with Crippen LogP contribution in [0.5, 0.6) is 0 Å². The lowest BCUT2D eigenvalue weighted by Crippen LogP contribution is -2.50. The van der Waals surface area contributed by atoms with Crippen LogP contribution in [0.3, 0.4) is 0 Å². The molecule has 2 aromatic carbocycles. The fourth-order valence-corrected chi connectivity index (χ4v) is 5.88. The number of carbonyl (C=O) groups excluding carboxylic acids is 1. The summed E-state index contributed by atoms with van der Waals surface area (Å²) in [6, 6.07) is 9.34. The molecule has 11 heteroatoms. The number of halogens is 2. The van der Waals surface area contributed by atoms with Gasteiger partial charge < -0.3 is 25.3 Å². The normalized spacial score (nSPS) is 18.1. The fourth-order valence-electron chi connectivity index (χ4n) is 5.57. The molecule has 9 nitrogen and oxygen atoms in total. The molecule has 1 amide bonds. The largest absolute Gasteiger partial charge is 0.512 e. The third-order valence-corrected chi connectivity index (χ3v) is 8.16. The molecule has 3 aromatic rings. The second-order valence-corrected chi connectivity index (χ2v) is 11.1. The number of amides is 1. The Labute approximate surface area is 244 Å². The summed E-state index contributed by atoms with van der Waals surface area (Å²) in [5.41, 5.74) is 2.15. The average Bonchev–Trinajstić information content (AvgIpc) is 2.96. The molecule has 41 heavy (non-hydrogen) atoms. The lowest BCUT2D eigenvalue weighted by Gasteiger charge is -2.38. The van der Waals surface area contributed by atoms with Gasteiger partial charge in [0.2, 0.25) is 11.9 Å².